The van der Waals surface area contributed by atoms with E-state index in [2.05, 4.69) is 18.2 Å². The monoisotopic (exact) mass is 284 g/mol. The maximum absolute atomic E-state index is 12.3. The Balaban J connectivity index is 2.20. The smallest absolute Gasteiger partial charge is 0.343 e. The summed E-state index contributed by atoms with van der Waals surface area (Å²) in [6, 6.07) is 3.75. The van der Waals surface area contributed by atoms with Crippen LogP contribution in [-0.2, 0) is 0 Å². The van der Waals surface area contributed by atoms with Crippen molar-refractivity contribution in [1.82, 2.24) is 0 Å². The summed E-state index contributed by atoms with van der Waals surface area (Å²) in [5, 5.41) is 9.41. The molecule has 1 aromatic heterocycles. The minimum atomic E-state index is -0.450. The highest BCUT2D eigenvalue weighted by Crippen LogP contribution is 2.43. The lowest BCUT2D eigenvalue weighted by Crippen LogP contribution is -2.29. The molecule has 5 nitrogen and oxygen atoms in total. The van der Waals surface area contributed by atoms with Crippen molar-refractivity contribution < 1.29 is 9.15 Å². The largest absolute Gasteiger partial charge is 0.440 e. The van der Waals surface area contributed by atoms with Gasteiger partial charge in [0.05, 0.1) is 11.1 Å². The molecule has 0 spiro atoms. The average Bonchev–Trinajstić information content (AvgIpc) is 2.46. The van der Waals surface area contributed by atoms with Crippen LogP contribution in [0.4, 0.5) is 0 Å². The highest BCUT2D eigenvalue weighted by atomic mass is 16.5. The maximum Gasteiger partial charge on any atom is 0.343 e. The molecule has 1 aliphatic heterocycles. The Hall–Kier alpha value is -2.48. The Morgan fingerprint density at radius 1 is 1.48 bits per heavy atom. The molecule has 1 aliphatic carbocycles. The molecule has 0 saturated carbocycles. The molecule has 0 unspecified atom stereocenters. The lowest BCUT2D eigenvalue weighted by Gasteiger charge is -2.30. The van der Waals surface area contributed by atoms with E-state index in [1.165, 1.54) is 0 Å². The van der Waals surface area contributed by atoms with Crippen molar-refractivity contribution in [3.63, 3.8) is 0 Å². The van der Waals surface area contributed by atoms with Crippen molar-refractivity contribution in [2.75, 3.05) is 0 Å². The molecule has 2 N–H and O–H groups in total. The number of nitriles is 1. The Morgan fingerprint density at radius 3 is 2.95 bits per heavy atom. The molecule has 0 fully saturated rings. The van der Waals surface area contributed by atoms with E-state index in [9.17, 15) is 10.1 Å². The molecule has 0 aromatic carbocycles. The molecule has 0 radical (unpaired) electrons. The molecule has 2 atom stereocenters. The van der Waals surface area contributed by atoms with E-state index in [0.717, 1.165) is 19.3 Å². The van der Waals surface area contributed by atoms with Crippen molar-refractivity contribution in [2.24, 2.45) is 11.7 Å². The first kappa shape index (κ1) is 13.5. The number of aryl methyl sites for hydroxylation is 1. The summed E-state index contributed by atoms with van der Waals surface area (Å²) in [5.74, 6) is 0.639. The topological polar surface area (TPSA) is 89.2 Å². The van der Waals surface area contributed by atoms with E-state index in [4.69, 9.17) is 14.9 Å². The second kappa shape index (κ2) is 5.13. The summed E-state index contributed by atoms with van der Waals surface area (Å²) in [6.07, 6.45) is 7.11. The van der Waals surface area contributed by atoms with E-state index in [1.807, 2.05) is 0 Å². The molecule has 0 bridgehead atoms. The van der Waals surface area contributed by atoms with Crippen LogP contribution >= 0.6 is 0 Å². The highest BCUT2D eigenvalue weighted by Gasteiger charge is 2.37. The minimum absolute atomic E-state index is 0.0696. The number of nitrogens with zero attached hydrogens (tertiary/aromatic N) is 1. The zero-order chi connectivity index (χ0) is 15.0. The fraction of sp³-hybridized carbons (Fsp3) is 0.375. The fourth-order valence-electron chi connectivity index (χ4n) is 3.10. The van der Waals surface area contributed by atoms with Crippen molar-refractivity contribution in [3.05, 3.63) is 51.4 Å². The first-order valence-electron chi connectivity index (χ1n) is 7.00. The molecular weight excluding hydrogens is 268 g/mol. The van der Waals surface area contributed by atoms with Crippen LogP contribution in [0.2, 0.25) is 0 Å². The van der Waals surface area contributed by atoms with Gasteiger partial charge in [0.15, 0.2) is 0 Å². The summed E-state index contributed by atoms with van der Waals surface area (Å²) in [7, 11) is 0. The van der Waals surface area contributed by atoms with Crippen LogP contribution in [0, 0.1) is 24.2 Å². The van der Waals surface area contributed by atoms with Gasteiger partial charge in [-0.25, -0.2) is 4.79 Å². The Morgan fingerprint density at radius 2 is 2.29 bits per heavy atom. The third-order valence-corrected chi connectivity index (χ3v) is 4.02. The molecule has 0 saturated heterocycles. The fourth-order valence-corrected chi connectivity index (χ4v) is 3.10. The molecular formula is C16H16N2O3. The van der Waals surface area contributed by atoms with Gasteiger partial charge in [0, 0.05) is 12.0 Å². The van der Waals surface area contributed by atoms with Gasteiger partial charge in [0.1, 0.15) is 17.6 Å². The van der Waals surface area contributed by atoms with Crippen molar-refractivity contribution in [2.45, 2.75) is 32.1 Å². The number of hydrogen-bond donors (Lipinski definition) is 1. The molecule has 1 aromatic rings. The lowest BCUT2D eigenvalue weighted by molar-refractivity contribution is 0.344. The normalized spacial score (nSPS) is 24.2. The van der Waals surface area contributed by atoms with E-state index >= 15 is 0 Å². The molecule has 2 aliphatic rings. The van der Waals surface area contributed by atoms with Gasteiger partial charge in [-0.05, 0) is 32.1 Å². The molecule has 2 heterocycles. The van der Waals surface area contributed by atoms with Gasteiger partial charge in [0.2, 0.25) is 5.88 Å². The minimum Gasteiger partial charge on any atom is -0.440 e. The van der Waals surface area contributed by atoms with Crippen LogP contribution in [0.15, 0.2) is 38.9 Å². The SMILES string of the molecule is Cc1cc2c(c(=O)o1)[C@@H]([C@@H]1C=CCCC1)C(C#N)=C(N)O2. The Kier molecular flexibility index (Phi) is 3.30. The number of hydrogen-bond acceptors (Lipinski definition) is 5. The van der Waals surface area contributed by atoms with Crippen LogP contribution in [0.3, 0.4) is 0 Å². The highest BCUT2D eigenvalue weighted by molar-refractivity contribution is 5.49. The van der Waals surface area contributed by atoms with Crippen LogP contribution < -0.4 is 16.1 Å². The zero-order valence-electron chi connectivity index (χ0n) is 11.8. The van der Waals surface area contributed by atoms with Gasteiger partial charge in [-0.15, -0.1) is 0 Å². The number of fused-ring (bicyclic) bond motifs is 1. The van der Waals surface area contributed by atoms with E-state index in [0.29, 0.717) is 22.6 Å². The summed E-state index contributed by atoms with van der Waals surface area (Å²) < 4.78 is 10.7. The summed E-state index contributed by atoms with van der Waals surface area (Å²) in [5.41, 5.74) is 6.15. The van der Waals surface area contributed by atoms with Gasteiger partial charge in [0.25, 0.3) is 0 Å². The number of ether oxygens (including phenoxy) is 1. The van der Waals surface area contributed by atoms with Crippen LogP contribution in [-0.4, -0.2) is 0 Å². The van der Waals surface area contributed by atoms with Crippen molar-refractivity contribution in [1.29, 1.82) is 5.26 Å². The second-order valence-corrected chi connectivity index (χ2v) is 5.41. The third kappa shape index (κ3) is 2.23. The molecule has 5 heteroatoms. The van der Waals surface area contributed by atoms with Crippen LogP contribution in [0.5, 0.6) is 5.75 Å². The number of allylic oxidation sites excluding steroid dienone is 3. The predicted molar refractivity (Wildman–Crippen MR) is 76.4 cm³/mol. The predicted octanol–water partition coefficient (Wildman–Crippen LogP) is 2.47. The third-order valence-electron chi connectivity index (χ3n) is 4.02. The molecule has 0 amide bonds. The summed E-state index contributed by atoms with van der Waals surface area (Å²) in [4.78, 5) is 12.3. The maximum atomic E-state index is 12.3. The molecule has 108 valence electrons. The quantitative estimate of drug-likeness (QED) is 0.800. The average molecular weight is 284 g/mol. The molecule has 21 heavy (non-hydrogen) atoms. The first-order valence-corrected chi connectivity index (χ1v) is 7.00. The van der Waals surface area contributed by atoms with Gasteiger partial charge in [-0.2, -0.15) is 5.26 Å². The standard InChI is InChI=1S/C16H16N2O3/c1-9-7-12-14(16(19)20-9)13(10-5-3-2-4-6-10)11(8-17)15(18)21-12/h3,5,7,10,13H,2,4,6,18H2,1H3/t10-,13+/m1/s1. The zero-order valence-corrected chi connectivity index (χ0v) is 11.8. The molecule has 3 rings (SSSR count). The number of rotatable bonds is 1. The van der Waals surface area contributed by atoms with Gasteiger partial charge >= 0.3 is 5.63 Å². The van der Waals surface area contributed by atoms with E-state index in [1.54, 1.807) is 13.0 Å². The lowest BCUT2D eigenvalue weighted by atomic mass is 9.76. The van der Waals surface area contributed by atoms with Crippen molar-refractivity contribution >= 4 is 0 Å². The summed E-state index contributed by atoms with van der Waals surface area (Å²) >= 11 is 0. The first-order chi connectivity index (χ1) is 10.1. The van der Waals surface area contributed by atoms with E-state index in [-0.39, 0.29) is 17.7 Å². The summed E-state index contributed by atoms with van der Waals surface area (Å²) in [6.45, 7) is 1.68. The van der Waals surface area contributed by atoms with Crippen LogP contribution in [0.25, 0.3) is 0 Å². The van der Waals surface area contributed by atoms with Gasteiger partial charge in [-0.1, -0.05) is 12.2 Å². The number of nitrogens with two attached hydrogens (primary N) is 1. The Bertz CT molecular complexity index is 737. The van der Waals surface area contributed by atoms with E-state index < -0.39 is 5.63 Å². The van der Waals surface area contributed by atoms with Gasteiger partial charge < -0.3 is 14.9 Å². The van der Waals surface area contributed by atoms with Gasteiger partial charge in [-0.3, -0.25) is 0 Å². The van der Waals surface area contributed by atoms with Crippen molar-refractivity contribution in [3.8, 4) is 11.8 Å². The Labute approximate surface area is 122 Å². The second-order valence-electron chi connectivity index (χ2n) is 5.41. The van der Waals surface area contributed by atoms with Crippen LogP contribution in [0.1, 0.15) is 36.5 Å².